The summed E-state index contributed by atoms with van der Waals surface area (Å²) < 4.78 is 10.4. The highest BCUT2D eigenvalue weighted by Crippen LogP contribution is 2.25. The van der Waals surface area contributed by atoms with Gasteiger partial charge in [-0.15, -0.1) is 0 Å². The van der Waals surface area contributed by atoms with Crippen molar-refractivity contribution < 1.29 is 19.4 Å². The summed E-state index contributed by atoms with van der Waals surface area (Å²) in [7, 11) is 3.13. The van der Waals surface area contributed by atoms with Crippen molar-refractivity contribution in [2.75, 3.05) is 14.2 Å². The summed E-state index contributed by atoms with van der Waals surface area (Å²) in [6.45, 7) is 5.20. The van der Waals surface area contributed by atoms with Crippen molar-refractivity contribution in [2.24, 2.45) is 0 Å². The molecule has 0 aliphatic heterocycles. The number of amides is 1. The zero-order chi connectivity index (χ0) is 15.3. The minimum Gasteiger partial charge on any atom is -0.497 e. The maximum Gasteiger partial charge on any atom is 0.225 e. The molecule has 1 aromatic rings. The van der Waals surface area contributed by atoms with Gasteiger partial charge in [0.25, 0.3) is 0 Å². The van der Waals surface area contributed by atoms with Crippen LogP contribution in [0.1, 0.15) is 26.3 Å². The van der Waals surface area contributed by atoms with Crippen LogP contribution in [0.15, 0.2) is 18.2 Å². The molecule has 0 fully saturated rings. The van der Waals surface area contributed by atoms with Gasteiger partial charge in [0.1, 0.15) is 11.5 Å². The molecule has 1 amide bonds. The number of hydrogen-bond acceptors (Lipinski definition) is 4. The average molecular weight is 281 g/mol. The highest BCUT2D eigenvalue weighted by atomic mass is 16.5. The second-order valence-corrected chi connectivity index (χ2v) is 5.30. The van der Waals surface area contributed by atoms with Crippen molar-refractivity contribution >= 4 is 5.91 Å². The molecule has 2 N–H and O–H groups in total. The predicted molar refractivity (Wildman–Crippen MR) is 77.2 cm³/mol. The highest BCUT2D eigenvalue weighted by Gasteiger charge is 2.26. The standard InChI is InChI=1S/C15H23NO4/c1-10(17)15(2,3)16-14(18)8-11-6-7-12(19-4)9-13(11)20-5/h6-7,9-10,17H,8H2,1-5H3,(H,16,18). The second kappa shape index (κ2) is 6.61. The van der Waals surface area contributed by atoms with Crippen molar-refractivity contribution in [3.8, 4) is 11.5 Å². The predicted octanol–water partition coefficient (Wildman–Crippen LogP) is 1.52. The first-order valence-corrected chi connectivity index (χ1v) is 6.50. The lowest BCUT2D eigenvalue weighted by atomic mass is 9.98. The van der Waals surface area contributed by atoms with Gasteiger partial charge in [0.15, 0.2) is 0 Å². The Morgan fingerprint density at radius 3 is 2.50 bits per heavy atom. The minimum absolute atomic E-state index is 0.167. The van der Waals surface area contributed by atoms with Crippen LogP contribution in [0, 0.1) is 0 Å². The van der Waals surface area contributed by atoms with Gasteiger partial charge in [-0.2, -0.15) is 0 Å². The fraction of sp³-hybridized carbons (Fsp3) is 0.533. The average Bonchev–Trinajstić information content (AvgIpc) is 2.38. The van der Waals surface area contributed by atoms with E-state index < -0.39 is 11.6 Å². The van der Waals surface area contributed by atoms with Crippen LogP contribution in [0.4, 0.5) is 0 Å². The molecule has 0 aromatic heterocycles. The first kappa shape index (κ1) is 16.3. The van der Waals surface area contributed by atoms with Gasteiger partial charge in [-0.25, -0.2) is 0 Å². The van der Waals surface area contributed by atoms with Gasteiger partial charge in [0, 0.05) is 11.6 Å². The third kappa shape index (κ3) is 4.13. The molecular formula is C15H23NO4. The van der Waals surface area contributed by atoms with Gasteiger partial charge in [-0.1, -0.05) is 6.07 Å². The Hall–Kier alpha value is -1.75. The molecule has 0 saturated carbocycles. The van der Waals surface area contributed by atoms with E-state index >= 15 is 0 Å². The van der Waals surface area contributed by atoms with E-state index in [0.717, 1.165) is 5.56 Å². The molecule has 0 bridgehead atoms. The molecule has 0 radical (unpaired) electrons. The van der Waals surface area contributed by atoms with E-state index in [1.54, 1.807) is 53.2 Å². The van der Waals surface area contributed by atoms with Crippen molar-refractivity contribution in [3.05, 3.63) is 23.8 Å². The number of aliphatic hydroxyl groups excluding tert-OH is 1. The van der Waals surface area contributed by atoms with Crippen LogP contribution in [0.2, 0.25) is 0 Å². The number of carbonyl (C=O) groups is 1. The van der Waals surface area contributed by atoms with Gasteiger partial charge < -0.3 is 19.9 Å². The van der Waals surface area contributed by atoms with Crippen LogP contribution >= 0.6 is 0 Å². The smallest absolute Gasteiger partial charge is 0.225 e. The molecule has 1 atom stereocenters. The zero-order valence-corrected chi connectivity index (χ0v) is 12.7. The fourth-order valence-electron chi connectivity index (χ4n) is 1.68. The van der Waals surface area contributed by atoms with Crippen LogP contribution < -0.4 is 14.8 Å². The van der Waals surface area contributed by atoms with Gasteiger partial charge in [-0.3, -0.25) is 4.79 Å². The number of benzene rings is 1. The number of methoxy groups -OCH3 is 2. The van der Waals surface area contributed by atoms with E-state index in [4.69, 9.17) is 9.47 Å². The Bertz CT molecular complexity index is 469. The van der Waals surface area contributed by atoms with Gasteiger partial charge in [0.2, 0.25) is 5.91 Å². The summed E-state index contributed by atoms with van der Waals surface area (Å²) in [6, 6.07) is 5.32. The zero-order valence-electron chi connectivity index (χ0n) is 12.7. The van der Waals surface area contributed by atoms with E-state index in [0.29, 0.717) is 11.5 Å². The van der Waals surface area contributed by atoms with Crippen LogP contribution in [-0.2, 0) is 11.2 Å². The monoisotopic (exact) mass is 281 g/mol. The molecule has 5 heteroatoms. The van der Waals surface area contributed by atoms with Crippen molar-refractivity contribution in [3.63, 3.8) is 0 Å². The second-order valence-electron chi connectivity index (χ2n) is 5.30. The van der Waals surface area contributed by atoms with Crippen LogP contribution in [-0.4, -0.2) is 36.9 Å². The van der Waals surface area contributed by atoms with E-state index in [2.05, 4.69) is 5.32 Å². The first-order chi connectivity index (χ1) is 9.30. The molecule has 20 heavy (non-hydrogen) atoms. The Morgan fingerprint density at radius 1 is 1.35 bits per heavy atom. The van der Waals surface area contributed by atoms with Gasteiger partial charge in [0.05, 0.1) is 32.3 Å². The van der Waals surface area contributed by atoms with Crippen molar-refractivity contribution in [2.45, 2.75) is 38.8 Å². The van der Waals surface area contributed by atoms with Crippen molar-refractivity contribution in [1.82, 2.24) is 5.32 Å². The minimum atomic E-state index is -0.670. The summed E-state index contributed by atoms with van der Waals surface area (Å²) in [6.07, 6.45) is -0.451. The molecule has 1 unspecified atom stereocenters. The SMILES string of the molecule is COc1ccc(CC(=O)NC(C)(C)C(C)O)c(OC)c1. The summed E-state index contributed by atoms with van der Waals surface area (Å²) in [5, 5.41) is 12.4. The number of carbonyl (C=O) groups excluding carboxylic acids is 1. The molecule has 0 saturated heterocycles. The fourth-order valence-corrected chi connectivity index (χ4v) is 1.68. The Morgan fingerprint density at radius 2 is 2.00 bits per heavy atom. The lowest BCUT2D eigenvalue weighted by Crippen LogP contribution is -2.51. The quantitative estimate of drug-likeness (QED) is 0.829. The summed E-state index contributed by atoms with van der Waals surface area (Å²) in [5.74, 6) is 1.11. The summed E-state index contributed by atoms with van der Waals surface area (Å²) in [5.41, 5.74) is 0.101. The highest BCUT2D eigenvalue weighted by molar-refractivity contribution is 5.80. The number of hydrogen-bond donors (Lipinski definition) is 2. The normalized spacial score (nSPS) is 12.7. The van der Waals surface area contributed by atoms with Gasteiger partial charge >= 0.3 is 0 Å². The lowest BCUT2D eigenvalue weighted by molar-refractivity contribution is -0.123. The van der Waals surface area contributed by atoms with Crippen LogP contribution in [0.5, 0.6) is 11.5 Å². The maximum atomic E-state index is 12.0. The molecule has 112 valence electrons. The van der Waals surface area contributed by atoms with Gasteiger partial charge in [-0.05, 0) is 26.8 Å². The Labute approximate surface area is 119 Å². The molecule has 5 nitrogen and oxygen atoms in total. The molecule has 1 aromatic carbocycles. The molecule has 0 spiro atoms. The summed E-state index contributed by atoms with van der Waals surface area (Å²) in [4.78, 5) is 12.0. The number of nitrogens with one attached hydrogen (secondary N) is 1. The van der Waals surface area contributed by atoms with E-state index in [1.807, 2.05) is 0 Å². The van der Waals surface area contributed by atoms with Crippen molar-refractivity contribution in [1.29, 1.82) is 0 Å². The third-order valence-corrected chi connectivity index (χ3v) is 3.35. The largest absolute Gasteiger partial charge is 0.497 e. The topological polar surface area (TPSA) is 67.8 Å². The molecular weight excluding hydrogens is 258 g/mol. The molecule has 0 aliphatic rings. The third-order valence-electron chi connectivity index (χ3n) is 3.35. The Kier molecular flexibility index (Phi) is 5.39. The summed E-state index contributed by atoms with van der Waals surface area (Å²) >= 11 is 0. The van der Waals surface area contributed by atoms with E-state index in [1.165, 1.54) is 0 Å². The molecule has 1 rings (SSSR count). The van der Waals surface area contributed by atoms with Crippen LogP contribution in [0.25, 0.3) is 0 Å². The van der Waals surface area contributed by atoms with E-state index in [9.17, 15) is 9.90 Å². The number of aliphatic hydroxyl groups is 1. The lowest BCUT2D eigenvalue weighted by Gasteiger charge is -2.29. The molecule has 0 heterocycles. The van der Waals surface area contributed by atoms with E-state index in [-0.39, 0.29) is 12.3 Å². The van der Waals surface area contributed by atoms with Crippen LogP contribution in [0.3, 0.4) is 0 Å². The number of ether oxygens (including phenoxy) is 2. The maximum absolute atomic E-state index is 12.0. The number of rotatable bonds is 6. The first-order valence-electron chi connectivity index (χ1n) is 6.50. The molecule has 0 aliphatic carbocycles. The Balaban J connectivity index is 2.81.